The maximum atomic E-state index is 12.5. The van der Waals surface area contributed by atoms with Gasteiger partial charge in [-0.05, 0) is 67.4 Å². The molecule has 52 heavy (non-hydrogen) atoms. The fourth-order valence-corrected chi connectivity index (χ4v) is 5.69. The van der Waals surface area contributed by atoms with Crippen LogP contribution >= 0.6 is 7.60 Å². The number of anilines is 1. The summed E-state index contributed by atoms with van der Waals surface area (Å²) in [5.41, 5.74) is 1.65. The molecule has 0 bridgehead atoms. The monoisotopic (exact) mass is 739 g/mol. The minimum absolute atomic E-state index is 0.0610. The summed E-state index contributed by atoms with van der Waals surface area (Å²) in [6, 6.07) is 14.6. The van der Waals surface area contributed by atoms with Gasteiger partial charge in [-0.15, -0.1) is 0 Å². The number of azo groups is 1. The van der Waals surface area contributed by atoms with E-state index < -0.39 is 43.2 Å². The Bertz CT molecular complexity index is 1870. The van der Waals surface area contributed by atoms with Gasteiger partial charge in [0.2, 0.25) is 5.91 Å². The van der Waals surface area contributed by atoms with Gasteiger partial charge in [-0.3, -0.25) is 28.5 Å². The van der Waals surface area contributed by atoms with Crippen LogP contribution in [0.2, 0.25) is 0 Å². The lowest BCUT2D eigenvalue weighted by Gasteiger charge is -2.18. The fraction of sp³-hybridized carbons (Fsp3) is 0.429. The smallest absolute Gasteiger partial charge is 0.330 e. The number of benzene rings is 2. The second-order valence-corrected chi connectivity index (χ2v) is 14.3. The molecule has 280 valence electrons. The largest absolute Gasteiger partial charge is 0.378 e. The number of methoxy groups -OCH3 is 1. The van der Waals surface area contributed by atoms with Crippen molar-refractivity contribution in [2.24, 2.45) is 10.2 Å². The SMILES string of the molecule is COC1C[C@H](n2cc(/C=C/C(=O)NCCCCCCNC(=O)c3ccc(N=Nc4ccc(N(C)C)cc4)cc3)c(=O)[nH]c2=O)O[C@@H]1COP(C)(=O)O. The van der Waals surface area contributed by atoms with Crippen molar-refractivity contribution in [3.05, 3.63) is 92.8 Å². The highest BCUT2D eigenvalue weighted by atomic mass is 31.2. The first kappa shape index (κ1) is 40.0. The Morgan fingerprint density at radius 2 is 1.63 bits per heavy atom. The van der Waals surface area contributed by atoms with Crippen LogP contribution in [0.5, 0.6) is 0 Å². The maximum Gasteiger partial charge on any atom is 0.330 e. The molecule has 0 saturated carbocycles. The first-order chi connectivity index (χ1) is 24.8. The third-order valence-electron chi connectivity index (χ3n) is 8.15. The Hall–Kier alpha value is -4.73. The summed E-state index contributed by atoms with van der Waals surface area (Å²) >= 11 is 0. The van der Waals surface area contributed by atoms with Gasteiger partial charge in [-0.25, -0.2) is 4.79 Å². The number of nitrogens with zero attached hydrogens (tertiary/aromatic N) is 4. The van der Waals surface area contributed by atoms with E-state index in [-0.39, 0.29) is 24.5 Å². The molecule has 4 rings (SSSR count). The molecule has 1 saturated heterocycles. The van der Waals surface area contributed by atoms with E-state index in [0.717, 1.165) is 43.7 Å². The van der Waals surface area contributed by atoms with Crippen LogP contribution < -0.4 is 26.8 Å². The summed E-state index contributed by atoms with van der Waals surface area (Å²) in [4.78, 5) is 63.5. The molecule has 4 atom stereocenters. The Balaban J connectivity index is 1.13. The Morgan fingerprint density at radius 3 is 2.23 bits per heavy atom. The number of aromatic amines is 1. The molecule has 16 nitrogen and oxygen atoms in total. The average molecular weight is 740 g/mol. The third kappa shape index (κ3) is 12.5. The standard InChI is InChI=1S/C35H46N7O9P/c1-41(2)28-16-14-27(15-17-28)40-39-26-12-9-24(10-13-26)33(44)37-20-8-6-5-7-19-36-31(43)18-11-25-22-42(35(46)38-34(25)45)32-21-29(49-3)30(51-32)23-50-52(4,47)48/h9-18,22,29-30,32H,5-8,19-21,23H2,1-4H3,(H,36,43)(H,37,44)(H,47,48)(H,38,45,46)/b18-11+,40-39?/t29?,30-,32-/m1/s1. The lowest BCUT2D eigenvalue weighted by Crippen LogP contribution is -2.33. The number of amides is 2. The van der Waals surface area contributed by atoms with Crippen molar-refractivity contribution in [1.82, 2.24) is 20.2 Å². The number of H-pyrrole nitrogens is 1. The summed E-state index contributed by atoms with van der Waals surface area (Å²) in [5.74, 6) is -0.575. The second-order valence-electron chi connectivity index (χ2n) is 12.4. The molecule has 0 radical (unpaired) electrons. The molecule has 1 aliphatic rings. The summed E-state index contributed by atoms with van der Waals surface area (Å²) in [6.45, 7) is 1.77. The van der Waals surface area contributed by atoms with Crippen molar-refractivity contribution in [1.29, 1.82) is 0 Å². The number of nitrogens with one attached hydrogen (secondary N) is 3. The molecule has 1 fully saturated rings. The van der Waals surface area contributed by atoms with Gasteiger partial charge in [0.25, 0.3) is 11.5 Å². The fourth-order valence-electron chi connectivity index (χ4n) is 5.27. The summed E-state index contributed by atoms with van der Waals surface area (Å²) in [6.07, 6.45) is 5.15. The Morgan fingerprint density at radius 1 is 1.02 bits per heavy atom. The van der Waals surface area contributed by atoms with Gasteiger partial charge in [0.05, 0.1) is 29.6 Å². The zero-order chi connectivity index (χ0) is 37.7. The normalized spacial score (nSPS) is 18.4. The zero-order valence-corrected chi connectivity index (χ0v) is 30.6. The molecule has 1 aliphatic heterocycles. The van der Waals surface area contributed by atoms with Gasteiger partial charge < -0.3 is 34.4 Å². The van der Waals surface area contributed by atoms with E-state index in [4.69, 9.17) is 14.0 Å². The predicted octanol–water partition coefficient (Wildman–Crippen LogP) is 4.27. The van der Waals surface area contributed by atoms with Crippen LogP contribution in [0.15, 0.2) is 80.6 Å². The van der Waals surface area contributed by atoms with Crippen molar-refractivity contribution in [2.45, 2.75) is 50.5 Å². The average Bonchev–Trinajstić information content (AvgIpc) is 3.53. The van der Waals surface area contributed by atoms with Gasteiger partial charge in [0, 0.05) is 70.9 Å². The molecule has 2 aromatic carbocycles. The molecule has 1 aromatic heterocycles. The molecule has 2 amide bonds. The minimum atomic E-state index is -3.75. The molecule has 0 spiro atoms. The van der Waals surface area contributed by atoms with E-state index in [1.54, 1.807) is 24.3 Å². The summed E-state index contributed by atoms with van der Waals surface area (Å²) < 4.78 is 28.9. The summed E-state index contributed by atoms with van der Waals surface area (Å²) in [7, 11) is 1.64. The van der Waals surface area contributed by atoms with Crippen LogP contribution in [0.3, 0.4) is 0 Å². The zero-order valence-electron chi connectivity index (χ0n) is 29.7. The first-order valence-corrected chi connectivity index (χ1v) is 18.9. The molecule has 4 N–H and O–H groups in total. The molecular formula is C35H46N7O9P. The predicted molar refractivity (Wildman–Crippen MR) is 197 cm³/mol. The van der Waals surface area contributed by atoms with Gasteiger partial charge in [0.15, 0.2) is 0 Å². The van der Waals surface area contributed by atoms with Crippen molar-refractivity contribution >= 4 is 42.5 Å². The van der Waals surface area contributed by atoms with Gasteiger partial charge in [-0.2, -0.15) is 10.2 Å². The maximum absolute atomic E-state index is 12.5. The number of aromatic nitrogens is 2. The van der Waals surface area contributed by atoms with Crippen LogP contribution in [0.25, 0.3) is 6.08 Å². The number of hydrogen-bond acceptors (Lipinski definition) is 11. The van der Waals surface area contributed by atoms with Crippen molar-refractivity contribution in [3.8, 4) is 0 Å². The van der Waals surface area contributed by atoms with Crippen molar-refractivity contribution < 1.29 is 33.0 Å². The number of rotatable bonds is 18. The lowest BCUT2D eigenvalue weighted by atomic mass is 10.1. The second kappa shape index (κ2) is 19.2. The van der Waals surface area contributed by atoms with Crippen LogP contribution in [0, 0.1) is 0 Å². The van der Waals surface area contributed by atoms with Crippen LogP contribution in [-0.2, 0) is 23.4 Å². The highest BCUT2D eigenvalue weighted by Crippen LogP contribution is 2.39. The molecule has 3 aromatic rings. The van der Waals surface area contributed by atoms with Gasteiger partial charge in [-0.1, -0.05) is 12.8 Å². The van der Waals surface area contributed by atoms with E-state index in [1.807, 2.05) is 43.3 Å². The van der Waals surface area contributed by atoms with E-state index >= 15 is 0 Å². The lowest BCUT2D eigenvalue weighted by molar-refractivity contribution is -0.116. The number of carbonyl (C=O) groups is 2. The molecular weight excluding hydrogens is 693 g/mol. The van der Waals surface area contributed by atoms with Crippen LogP contribution in [0.1, 0.15) is 54.3 Å². The molecule has 2 heterocycles. The van der Waals surface area contributed by atoms with Crippen LogP contribution in [-0.4, -0.2) is 86.0 Å². The Labute approximate surface area is 301 Å². The van der Waals surface area contributed by atoms with E-state index in [9.17, 15) is 28.6 Å². The van der Waals surface area contributed by atoms with Crippen LogP contribution in [0.4, 0.5) is 17.1 Å². The van der Waals surface area contributed by atoms with E-state index in [2.05, 4.69) is 25.8 Å². The third-order valence-corrected chi connectivity index (χ3v) is 8.77. The highest BCUT2D eigenvalue weighted by Gasteiger charge is 2.38. The van der Waals surface area contributed by atoms with E-state index in [0.29, 0.717) is 24.3 Å². The van der Waals surface area contributed by atoms with Crippen molar-refractivity contribution in [3.63, 3.8) is 0 Å². The number of hydrogen-bond donors (Lipinski definition) is 4. The Kier molecular flexibility index (Phi) is 14.8. The van der Waals surface area contributed by atoms with Gasteiger partial charge in [0.1, 0.15) is 12.3 Å². The topological polar surface area (TPSA) is 206 Å². The van der Waals surface area contributed by atoms with E-state index in [1.165, 1.54) is 30.0 Å². The molecule has 17 heteroatoms. The summed E-state index contributed by atoms with van der Waals surface area (Å²) in [5, 5.41) is 14.2. The minimum Gasteiger partial charge on any atom is -0.378 e. The molecule has 2 unspecified atom stereocenters. The first-order valence-electron chi connectivity index (χ1n) is 16.8. The van der Waals surface area contributed by atoms with Crippen molar-refractivity contribution in [2.75, 3.05) is 52.5 Å². The van der Waals surface area contributed by atoms with Gasteiger partial charge >= 0.3 is 13.3 Å². The number of carbonyl (C=O) groups excluding carboxylic acids is 2. The quantitative estimate of drug-likeness (QED) is 0.0631. The number of unbranched alkanes of at least 4 members (excludes halogenated alkanes) is 3. The number of ether oxygens (including phenoxy) is 2. The molecule has 0 aliphatic carbocycles. The highest BCUT2D eigenvalue weighted by molar-refractivity contribution is 7.51.